The quantitative estimate of drug-likeness (QED) is 0.308. The van der Waals surface area contributed by atoms with Gasteiger partial charge in [0, 0.05) is 11.3 Å². The number of carbonyl (C=O) groups is 1. The third-order valence-electron chi connectivity index (χ3n) is 3.73. The monoisotopic (exact) mass is 322 g/mol. The number of amides is 1. The molecule has 3 nitrogen and oxygen atoms in total. The molecule has 0 aromatic carbocycles. The first kappa shape index (κ1) is 18.9. The summed E-state index contributed by atoms with van der Waals surface area (Å²) in [7, 11) is 0. The Bertz CT molecular complexity index is 426. The van der Waals surface area contributed by atoms with Gasteiger partial charge in [0.2, 0.25) is 5.91 Å². The Morgan fingerprint density at radius 2 is 1.73 bits per heavy atom. The van der Waals surface area contributed by atoms with E-state index in [2.05, 4.69) is 17.5 Å². The lowest BCUT2D eigenvalue weighted by atomic mass is 10.1. The van der Waals surface area contributed by atoms with Gasteiger partial charge >= 0.3 is 0 Å². The van der Waals surface area contributed by atoms with Gasteiger partial charge in [-0.3, -0.25) is 4.79 Å². The maximum absolute atomic E-state index is 11.7. The summed E-state index contributed by atoms with van der Waals surface area (Å²) >= 11 is 1.63. The minimum absolute atomic E-state index is 0.0267. The zero-order chi connectivity index (χ0) is 16.0. The van der Waals surface area contributed by atoms with Crippen LogP contribution in [-0.2, 0) is 4.79 Å². The van der Waals surface area contributed by atoms with Gasteiger partial charge in [-0.05, 0) is 24.8 Å². The Hall–Kier alpha value is -1.16. The highest BCUT2D eigenvalue weighted by molar-refractivity contribution is 7.12. The lowest BCUT2D eigenvalue weighted by molar-refractivity contribution is -0.121. The topological polar surface area (TPSA) is 41.5 Å². The first-order valence-electron chi connectivity index (χ1n) is 8.61. The highest BCUT2D eigenvalue weighted by Crippen LogP contribution is 2.11. The first-order chi connectivity index (χ1) is 10.7. The summed E-state index contributed by atoms with van der Waals surface area (Å²) in [6.45, 7) is 4.17. The number of thiophene rings is 1. The van der Waals surface area contributed by atoms with Crippen LogP contribution in [0.15, 0.2) is 22.6 Å². The minimum atomic E-state index is 0.0267. The fourth-order valence-electron chi connectivity index (χ4n) is 2.34. The molecule has 124 valence electrons. The fourth-order valence-corrected chi connectivity index (χ4v) is 3.01. The average molecular weight is 323 g/mol. The van der Waals surface area contributed by atoms with Crippen LogP contribution in [0, 0.1) is 0 Å². The van der Waals surface area contributed by atoms with Crippen molar-refractivity contribution in [1.29, 1.82) is 0 Å². The summed E-state index contributed by atoms with van der Waals surface area (Å²) in [6, 6.07) is 4.00. The van der Waals surface area contributed by atoms with E-state index in [1.807, 2.05) is 24.4 Å². The Morgan fingerprint density at radius 3 is 2.32 bits per heavy atom. The van der Waals surface area contributed by atoms with Crippen LogP contribution in [0.1, 0.15) is 82.9 Å². The van der Waals surface area contributed by atoms with Gasteiger partial charge in [-0.1, -0.05) is 64.4 Å². The number of hydrazone groups is 1. The molecule has 0 aliphatic rings. The normalized spacial score (nSPS) is 11.6. The molecule has 1 aromatic rings. The van der Waals surface area contributed by atoms with Crippen LogP contribution in [0.4, 0.5) is 0 Å². The van der Waals surface area contributed by atoms with Gasteiger partial charge < -0.3 is 0 Å². The number of hydrogen-bond acceptors (Lipinski definition) is 3. The summed E-state index contributed by atoms with van der Waals surface area (Å²) in [6.07, 6.45) is 12.0. The van der Waals surface area contributed by atoms with Crippen LogP contribution >= 0.6 is 11.3 Å². The van der Waals surface area contributed by atoms with E-state index < -0.39 is 0 Å². The van der Waals surface area contributed by atoms with Gasteiger partial charge in [-0.15, -0.1) is 11.3 Å². The second-order valence-corrected chi connectivity index (χ2v) is 6.74. The van der Waals surface area contributed by atoms with E-state index in [1.165, 1.54) is 44.9 Å². The van der Waals surface area contributed by atoms with Crippen molar-refractivity contribution < 1.29 is 4.79 Å². The van der Waals surface area contributed by atoms with Gasteiger partial charge in [-0.25, -0.2) is 5.43 Å². The molecule has 0 bridgehead atoms. The van der Waals surface area contributed by atoms with E-state index in [9.17, 15) is 4.79 Å². The summed E-state index contributed by atoms with van der Waals surface area (Å²) < 4.78 is 0. The van der Waals surface area contributed by atoms with E-state index in [4.69, 9.17) is 0 Å². The van der Waals surface area contributed by atoms with E-state index in [1.54, 1.807) is 11.3 Å². The molecular formula is C18H30N2OS. The predicted octanol–water partition coefficient (Wildman–Crippen LogP) is 5.51. The van der Waals surface area contributed by atoms with Crippen molar-refractivity contribution >= 4 is 23.0 Å². The minimum Gasteiger partial charge on any atom is -0.273 e. The lowest BCUT2D eigenvalue weighted by Crippen LogP contribution is -2.18. The zero-order valence-electron chi connectivity index (χ0n) is 14.1. The molecule has 0 unspecified atom stereocenters. The number of rotatable bonds is 12. The van der Waals surface area contributed by atoms with Crippen LogP contribution in [-0.4, -0.2) is 11.6 Å². The molecule has 1 rings (SSSR count). The molecule has 0 fully saturated rings. The molecule has 1 heterocycles. The molecule has 22 heavy (non-hydrogen) atoms. The molecule has 4 heteroatoms. The smallest absolute Gasteiger partial charge is 0.240 e. The third kappa shape index (κ3) is 8.98. The van der Waals surface area contributed by atoms with Crippen molar-refractivity contribution in [2.45, 2.75) is 78.1 Å². The van der Waals surface area contributed by atoms with Crippen molar-refractivity contribution in [2.24, 2.45) is 5.10 Å². The molecule has 0 radical (unpaired) electrons. The molecule has 1 amide bonds. The highest BCUT2D eigenvalue weighted by Gasteiger charge is 2.02. The van der Waals surface area contributed by atoms with Crippen molar-refractivity contribution in [3.8, 4) is 0 Å². The van der Waals surface area contributed by atoms with Crippen molar-refractivity contribution in [3.05, 3.63) is 22.4 Å². The third-order valence-corrected chi connectivity index (χ3v) is 4.71. The highest BCUT2D eigenvalue weighted by atomic mass is 32.1. The van der Waals surface area contributed by atoms with Crippen LogP contribution < -0.4 is 5.43 Å². The summed E-state index contributed by atoms with van der Waals surface area (Å²) in [5.74, 6) is 0.0267. The summed E-state index contributed by atoms with van der Waals surface area (Å²) in [5, 5.41) is 6.16. The Kier molecular flexibility index (Phi) is 10.6. The van der Waals surface area contributed by atoms with Crippen molar-refractivity contribution in [3.63, 3.8) is 0 Å². The molecule has 1 N–H and O–H groups in total. The van der Waals surface area contributed by atoms with Crippen LogP contribution in [0.3, 0.4) is 0 Å². The van der Waals surface area contributed by atoms with Crippen LogP contribution in [0.2, 0.25) is 0 Å². The molecule has 1 aromatic heterocycles. The van der Waals surface area contributed by atoms with Gasteiger partial charge in [0.1, 0.15) is 0 Å². The van der Waals surface area contributed by atoms with E-state index >= 15 is 0 Å². The molecule has 0 spiro atoms. The maximum atomic E-state index is 11.7. The molecule has 0 atom stereocenters. The van der Waals surface area contributed by atoms with Gasteiger partial charge in [0.05, 0.1) is 5.71 Å². The largest absolute Gasteiger partial charge is 0.273 e. The second kappa shape index (κ2) is 12.4. The number of nitrogens with zero attached hydrogens (tertiary/aromatic N) is 1. The standard InChI is InChI=1S/C18H30N2OS/c1-3-4-5-6-7-8-9-10-11-14-18(21)20-19-16(2)17-13-12-15-22-17/h12-13,15H,3-11,14H2,1-2H3,(H,20,21). The fraction of sp³-hybridized carbons (Fsp3) is 0.667. The SMILES string of the molecule is CCCCCCCCCCCC(=O)NN=C(C)c1cccs1. The van der Waals surface area contributed by atoms with E-state index in [0.717, 1.165) is 23.4 Å². The molecule has 0 aliphatic carbocycles. The average Bonchev–Trinajstić information content (AvgIpc) is 3.05. The molecule has 0 saturated heterocycles. The molecule has 0 saturated carbocycles. The van der Waals surface area contributed by atoms with Crippen molar-refractivity contribution in [2.75, 3.05) is 0 Å². The number of hydrogen-bond donors (Lipinski definition) is 1. The summed E-state index contributed by atoms with van der Waals surface area (Å²) in [5.41, 5.74) is 3.52. The van der Waals surface area contributed by atoms with Gasteiger partial charge in [-0.2, -0.15) is 5.10 Å². The number of unbranched alkanes of at least 4 members (excludes halogenated alkanes) is 8. The maximum Gasteiger partial charge on any atom is 0.240 e. The molecular weight excluding hydrogens is 292 g/mol. The predicted molar refractivity (Wildman–Crippen MR) is 96.5 cm³/mol. The van der Waals surface area contributed by atoms with E-state index in [0.29, 0.717) is 6.42 Å². The summed E-state index contributed by atoms with van der Waals surface area (Å²) in [4.78, 5) is 12.8. The first-order valence-corrected chi connectivity index (χ1v) is 9.49. The van der Waals surface area contributed by atoms with Crippen LogP contribution in [0.5, 0.6) is 0 Å². The number of carbonyl (C=O) groups excluding carboxylic acids is 1. The molecule has 0 aliphatic heterocycles. The lowest BCUT2D eigenvalue weighted by Gasteiger charge is -2.03. The number of nitrogens with one attached hydrogen (secondary N) is 1. The Balaban J connectivity index is 1.99. The Morgan fingerprint density at radius 1 is 1.09 bits per heavy atom. The van der Waals surface area contributed by atoms with Gasteiger partial charge in [0.15, 0.2) is 0 Å². The van der Waals surface area contributed by atoms with Gasteiger partial charge in [0.25, 0.3) is 0 Å². The second-order valence-electron chi connectivity index (χ2n) is 5.79. The zero-order valence-corrected chi connectivity index (χ0v) is 14.9. The Labute approximate surface area is 139 Å². The van der Waals surface area contributed by atoms with Crippen LogP contribution in [0.25, 0.3) is 0 Å². The van der Waals surface area contributed by atoms with E-state index in [-0.39, 0.29) is 5.91 Å². The van der Waals surface area contributed by atoms with Crippen molar-refractivity contribution in [1.82, 2.24) is 5.43 Å².